The predicted molar refractivity (Wildman–Crippen MR) is 137 cm³/mol. The van der Waals surface area contributed by atoms with Gasteiger partial charge in [0.05, 0.1) is 12.1 Å². The molecule has 1 fully saturated rings. The SMILES string of the molecule is O=C1N(Cc2ccccc2)C[C@H](C=CC(O)Cc2ccccc2)N1CCCC(F)(F)SCP(=O)(O)O. The molecule has 2 amide bonds. The molecule has 11 heteroatoms. The van der Waals surface area contributed by atoms with Crippen molar-refractivity contribution in [3.63, 3.8) is 0 Å². The number of aliphatic hydroxyl groups excluding tert-OH is 1. The topological polar surface area (TPSA) is 101 Å². The molecular formula is C25H31F2N2O5PS. The number of benzene rings is 2. The van der Waals surface area contributed by atoms with Crippen molar-refractivity contribution in [1.82, 2.24) is 9.80 Å². The van der Waals surface area contributed by atoms with Crippen molar-refractivity contribution in [1.29, 1.82) is 0 Å². The number of amides is 2. The molecule has 0 saturated carbocycles. The zero-order valence-electron chi connectivity index (χ0n) is 19.7. The summed E-state index contributed by atoms with van der Waals surface area (Å²) in [6.07, 6.45) is 2.37. The van der Waals surface area contributed by atoms with Gasteiger partial charge in [-0.1, -0.05) is 84.6 Å². The van der Waals surface area contributed by atoms with Crippen LogP contribution in [-0.4, -0.2) is 66.7 Å². The molecule has 1 unspecified atom stereocenters. The number of alkyl halides is 2. The highest BCUT2D eigenvalue weighted by atomic mass is 32.2. The zero-order chi connectivity index (χ0) is 26.2. The van der Waals surface area contributed by atoms with Crippen LogP contribution in [0.5, 0.6) is 0 Å². The maximum Gasteiger partial charge on any atom is 0.335 e. The van der Waals surface area contributed by atoms with Crippen LogP contribution in [-0.2, 0) is 17.5 Å². The molecule has 1 aliphatic rings. The van der Waals surface area contributed by atoms with Crippen LogP contribution < -0.4 is 0 Å². The number of halogens is 2. The van der Waals surface area contributed by atoms with Gasteiger partial charge in [-0.25, -0.2) is 4.79 Å². The second kappa shape index (κ2) is 12.8. The molecule has 0 aromatic heterocycles. The molecule has 7 nitrogen and oxygen atoms in total. The van der Waals surface area contributed by atoms with Crippen molar-refractivity contribution < 1.29 is 33.0 Å². The Morgan fingerprint density at radius 1 is 1.08 bits per heavy atom. The van der Waals surface area contributed by atoms with Gasteiger partial charge < -0.3 is 24.7 Å². The smallest absolute Gasteiger partial charge is 0.335 e. The fourth-order valence-corrected chi connectivity index (χ4v) is 5.69. The van der Waals surface area contributed by atoms with Crippen LogP contribution in [0.3, 0.4) is 0 Å². The monoisotopic (exact) mass is 540 g/mol. The van der Waals surface area contributed by atoms with Gasteiger partial charge in [-0.05, 0) is 17.5 Å². The van der Waals surface area contributed by atoms with E-state index in [1.165, 1.54) is 4.90 Å². The molecule has 3 N–H and O–H groups in total. The minimum absolute atomic E-state index is 0.0387. The van der Waals surface area contributed by atoms with Crippen molar-refractivity contribution in [2.45, 2.75) is 43.2 Å². The zero-order valence-corrected chi connectivity index (χ0v) is 21.4. The second-order valence-corrected chi connectivity index (χ2v) is 12.0. The molecule has 36 heavy (non-hydrogen) atoms. The molecule has 196 valence electrons. The first-order chi connectivity index (χ1) is 17.0. The van der Waals surface area contributed by atoms with E-state index in [9.17, 15) is 23.2 Å². The minimum atomic E-state index is -4.54. The standard InChI is InChI=1S/C25H31F2N2O5PS/c26-25(27,36-19-35(32,33)34)14-7-15-29-22(12-13-23(30)16-20-8-3-1-4-9-20)18-28(24(29)31)17-21-10-5-2-6-11-21/h1-6,8-13,22-23,30H,7,14-19H2,(H2,32,33,34)/t22-,23?/m0/s1. The Labute approximate surface area is 214 Å². The highest BCUT2D eigenvalue weighted by molar-refractivity contribution is 8.05. The summed E-state index contributed by atoms with van der Waals surface area (Å²) in [5.41, 5.74) is 0.952. The van der Waals surface area contributed by atoms with Crippen LogP contribution in [0.1, 0.15) is 24.0 Å². The van der Waals surface area contributed by atoms with Crippen LogP contribution >= 0.6 is 19.4 Å². The Balaban J connectivity index is 1.64. The van der Waals surface area contributed by atoms with E-state index in [0.717, 1.165) is 11.1 Å². The number of nitrogens with zero attached hydrogens (tertiary/aromatic N) is 2. The Morgan fingerprint density at radius 3 is 2.31 bits per heavy atom. The number of carbonyl (C=O) groups excluding carboxylic acids is 1. The molecule has 0 aliphatic carbocycles. The molecule has 3 rings (SSSR count). The molecule has 1 aliphatic heterocycles. The number of hydrogen-bond acceptors (Lipinski definition) is 4. The van der Waals surface area contributed by atoms with Crippen molar-refractivity contribution in [2.75, 3.05) is 18.6 Å². The fraction of sp³-hybridized carbons (Fsp3) is 0.400. The average molecular weight is 541 g/mol. The van der Waals surface area contributed by atoms with E-state index in [1.54, 1.807) is 17.1 Å². The number of urea groups is 1. The van der Waals surface area contributed by atoms with E-state index in [2.05, 4.69) is 0 Å². The van der Waals surface area contributed by atoms with E-state index in [1.807, 2.05) is 60.7 Å². The van der Waals surface area contributed by atoms with E-state index in [0.29, 0.717) is 19.5 Å². The van der Waals surface area contributed by atoms with Gasteiger partial charge in [-0.3, -0.25) is 4.57 Å². The number of aliphatic hydroxyl groups is 1. The van der Waals surface area contributed by atoms with Crippen molar-refractivity contribution in [3.8, 4) is 0 Å². The van der Waals surface area contributed by atoms with Crippen molar-refractivity contribution >= 4 is 25.4 Å². The minimum Gasteiger partial charge on any atom is -0.389 e. The lowest BCUT2D eigenvalue weighted by atomic mass is 10.1. The lowest BCUT2D eigenvalue weighted by Crippen LogP contribution is -2.35. The van der Waals surface area contributed by atoms with E-state index >= 15 is 0 Å². The summed E-state index contributed by atoms with van der Waals surface area (Å²) in [5, 5.41) is 7.14. The summed E-state index contributed by atoms with van der Waals surface area (Å²) in [5.74, 6) is 0. The van der Waals surface area contributed by atoms with Crippen LogP contribution in [0.2, 0.25) is 0 Å². The Hall–Kier alpha value is -2.23. The first-order valence-corrected chi connectivity index (χ1v) is 14.4. The maximum atomic E-state index is 14.1. The quantitative estimate of drug-likeness (QED) is 0.252. The third kappa shape index (κ3) is 9.33. The highest BCUT2D eigenvalue weighted by Gasteiger charge is 2.37. The van der Waals surface area contributed by atoms with E-state index < -0.39 is 36.9 Å². The molecule has 2 aromatic rings. The van der Waals surface area contributed by atoms with Crippen molar-refractivity contribution in [3.05, 3.63) is 83.9 Å². The molecule has 2 atom stereocenters. The van der Waals surface area contributed by atoms with Gasteiger partial charge >= 0.3 is 13.6 Å². The molecular weight excluding hydrogens is 509 g/mol. The van der Waals surface area contributed by atoms with Gasteiger partial charge in [0.2, 0.25) is 0 Å². The Bertz CT molecular complexity index is 1050. The van der Waals surface area contributed by atoms with Crippen molar-refractivity contribution in [2.24, 2.45) is 0 Å². The molecule has 0 spiro atoms. The summed E-state index contributed by atoms with van der Waals surface area (Å²) < 4.78 is 39.1. The molecule has 1 heterocycles. The van der Waals surface area contributed by atoms with Crippen LogP contribution in [0.25, 0.3) is 0 Å². The van der Waals surface area contributed by atoms with Gasteiger partial charge in [0, 0.05) is 32.5 Å². The van der Waals surface area contributed by atoms with Gasteiger partial charge in [0.25, 0.3) is 5.25 Å². The first kappa shape index (κ1) is 28.3. The summed E-state index contributed by atoms with van der Waals surface area (Å²) >= 11 is -0.0702. The van der Waals surface area contributed by atoms with Gasteiger partial charge in [-0.15, -0.1) is 0 Å². The highest BCUT2D eigenvalue weighted by Crippen LogP contribution is 2.45. The second-order valence-electron chi connectivity index (χ2n) is 8.73. The van der Waals surface area contributed by atoms with Gasteiger partial charge in [0.15, 0.2) is 0 Å². The number of carbonyl (C=O) groups is 1. The van der Waals surface area contributed by atoms with Crippen LogP contribution in [0.15, 0.2) is 72.8 Å². The molecule has 2 aromatic carbocycles. The third-order valence-corrected chi connectivity index (χ3v) is 8.18. The summed E-state index contributed by atoms with van der Waals surface area (Å²) in [7, 11) is -4.54. The first-order valence-electron chi connectivity index (χ1n) is 11.6. The molecule has 1 saturated heterocycles. The van der Waals surface area contributed by atoms with Gasteiger partial charge in [-0.2, -0.15) is 8.78 Å². The van der Waals surface area contributed by atoms with Crippen LogP contribution in [0.4, 0.5) is 13.6 Å². The summed E-state index contributed by atoms with van der Waals surface area (Å²) in [6.45, 7) is 0.785. The summed E-state index contributed by atoms with van der Waals surface area (Å²) in [6, 6.07) is 18.3. The average Bonchev–Trinajstić information content (AvgIpc) is 3.12. The third-order valence-electron chi connectivity index (χ3n) is 5.69. The summed E-state index contributed by atoms with van der Waals surface area (Å²) in [4.78, 5) is 34.0. The van der Waals surface area contributed by atoms with Crippen LogP contribution in [0, 0.1) is 0 Å². The maximum absolute atomic E-state index is 14.1. The van der Waals surface area contributed by atoms with E-state index in [-0.39, 0.29) is 30.8 Å². The lowest BCUT2D eigenvalue weighted by Gasteiger charge is -2.23. The number of hydrogen-bond donors (Lipinski definition) is 3. The Kier molecular flexibility index (Phi) is 10.1. The number of thioether (sulfide) groups is 1. The van der Waals surface area contributed by atoms with Gasteiger partial charge in [0.1, 0.15) is 5.49 Å². The Morgan fingerprint density at radius 2 is 1.69 bits per heavy atom. The largest absolute Gasteiger partial charge is 0.389 e. The fourth-order valence-electron chi connectivity index (χ4n) is 3.97. The number of rotatable bonds is 13. The molecule has 0 bridgehead atoms. The predicted octanol–water partition coefficient (Wildman–Crippen LogP) is 4.69. The normalized spacial score (nSPS) is 17.8. The van der Waals surface area contributed by atoms with E-state index in [4.69, 9.17) is 9.79 Å². The molecule has 0 radical (unpaired) electrons. The lowest BCUT2D eigenvalue weighted by molar-refractivity contribution is 0.0893.